The van der Waals surface area contributed by atoms with Crippen molar-refractivity contribution in [3.05, 3.63) is 48.3 Å². The molecule has 4 rings (SSSR count). The molecule has 0 spiro atoms. The molecule has 2 nitrogen and oxygen atoms in total. The Balaban J connectivity index is 2.18. The molecule has 0 aromatic heterocycles. The number of para-hydroxylation sites is 1. The molecule has 1 aromatic carbocycles. The van der Waals surface area contributed by atoms with Crippen molar-refractivity contribution in [2.75, 3.05) is 0 Å². The lowest BCUT2D eigenvalue weighted by Crippen LogP contribution is -1.94. The van der Waals surface area contributed by atoms with Crippen molar-refractivity contribution < 1.29 is 0 Å². The number of allylic oxidation sites excluding steroid dienone is 1. The number of benzene rings is 1. The number of rotatable bonds is 0. The van der Waals surface area contributed by atoms with Gasteiger partial charge in [-0.3, -0.25) is 0 Å². The zero-order valence-electron chi connectivity index (χ0n) is 8.72. The molecule has 0 radical (unpaired) electrons. The Kier molecular flexibility index (Phi) is 1.38. The van der Waals surface area contributed by atoms with Crippen molar-refractivity contribution in [1.29, 1.82) is 0 Å². The van der Waals surface area contributed by atoms with Crippen LogP contribution in [0.5, 0.6) is 0 Å². The van der Waals surface area contributed by atoms with E-state index in [1.54, 1.807) is 0 Å². The average molecular weight is 206 g/mol. The van der Waals surface area contributed by atoms with E-state index in [0.717, 1.165) is 17.6 Å². The van der Waals surface area contributed by atoms with Gasteiger partial charge in [-0.15, -0.1) is 0 Å². The van der Waals surface area contributed by atoms with Crippen molar-refractivity contribution in [3.63, 3.8) is 0 Å². The second kappa shape index (κ2) is 2.73. The summed E-state index contributed by atoms with van der Waals surface area (Å²) < 4.78 is 2.16. The summed E-state index contributed by atoms with van der Waals surface area (Å²) in [4.78, 5) is 4.64. The van der Waals surface area contributed by atoms with E-state index in [1.807, 2.05) is 6.07 Å². The fourth-order valence-electron chi connectivity index (χ4n) is 2.42. The molecule has 0 saturated heterocycles. The predicted octanol–water partition coefficient (Wildman–Crippen LogP) is 3.17. The molecule has 1 aromatic rings. The summed E-state index contributed by atoms with van der Waals surface area (Å²) in [5.74, 6) is 0. The van der Waals surface area contributed by atoms with Crippen LogP contribution < -0.4 is 0 Å². The van der Waals surface area contributed by atoms with Gasteiger partial charge in [0.15, 0.2) is 0 Å². The molecule has 76 valence electrons. The monoisotopic (exact) mass is 206 g/mol. The third-order valence-corrected chi connectivity index (χ3v) is 3.21. The van der Waals surface area contributed by atoms with E-state index in [-0.39, 0.29) is 0 Å². The zero-order chi connectivity index (χ0) is 10.5. The summed E-state index contributed by atoms with van der Waals surface area (Å²) in [6, 6.07) is 10.6. The van der Waals surface area contributed by atoms with Crippen LogP contribution in [0.1, 0.15) is 5.69 Å². The molecule has 3 aliphatic heterocycles. The standard InChI is InChI=1S/C14H10N2/c1-2-6-13-11(5-1)12-8-10-4-3-7-16(10)9-14(12)15-13/h1-3,5-9H,4H2. The summed E-state index contributed by atoms with van der Waals surface area (Å²) in [6.07, 6.45) is 7.42. The summed E-state index contributed by atoms with van der Waals surface area (Å²) in [5.41, 5.74) is 4.78. The maximum Gasteiger partial charge on any atom is 0.0882 e. The SMILES string of the molecule is C1=Cn2cc3nc4ccccc4c-3cc2C1. The Morgan fingerprint density at radius 3 is 3.12 bits per heavy atom. The Hall–Kier alpha value is -2.09. The Morgan fingerprint density at radius 1 is 1.19 bits per heavy atom. The van der Waals surface area contributed by atoms with Crippen LogP contribution in [-0.2, 0) is 6.42 Å². The summed E-state index contributed by atoms with van der Waals surface area (Å²) >= 11 is 0. The van der Waals surface area contributed by atoms with Gasteiger partial charge in [-0.25, -0.2) is 4.98 Å². The summed E-state index contributed by atoms with van der Waals surface area (Å²) in [6.45, 7) is 0. The second-order valence-electron chi connectivity index (χ2n) is 4.19. The quantitative estimate of drug-likeness (QED) is 0.552. The molecule has 0 fully saturated rings. The first-order chi connectivity index (χ1) is 7.92. The van der Waals surface area contributed by atoms with Crippen LogP contribution in [-0.4, -0.2) is 9.55 Å². The lowest BCUT2D eigenvalue weighted by Gasteiger charge is -2.06. The molecular formula is C14H10N2. The highest BCUT2D eigenvalue weighted by atomic mass is 15.0. The van der Waals surface area contributed by atoms with Crippen molar-refractivity contribution in [1.82, 2.24) is 9.55 Å². The Labute approximate surface area is 93.2 Å². The third kappa shape index (κ3) is 0.936. The van der Waals surface area contributed by atoms with E-state index in [2.05, 4.69) is 52.3 Å². The first-order valence-corrected chi connectivity index (χ1v) is 5.48. The van der Waals surface area contributed by atoms with Crippen LogP contribution in [0.25, 0.3) is 28.4 Å². The third-order valence-electron chi connectivity index (χ3n) is 3.21. The average Bonchev–Trinajstić information content (AvgIpc) is 2.88. The van der Waals surface area contributed by atoms with E-state index in [4.69, 9.17) is 0 Å². The molecule has 3 heterocycles. The minimum absolute atomic E-state index is 1.02. The molecule has 3 aliphatic rings. The van der Waals surface area contributed by atoms with Crippen LogP contribution in [0.3, 0.4) is 0 Å². The molecule has 0 atom stereocenters. The highest BCUT2D eigenvalue weighted by Crippen LogP contribution is 2.32. The first-order valence-electron chi connectivity index (χ1n) is 5.48. The number of aromatic nitrogens is 2. The molecule has 0 amide bonds. The molecule has 2 heteroatoms. The molecule has 0 aliphatic carbocycles. The van der Waals surface area contributed by atoms with Crippen LogP contribution in [0, 0.1) is 0 Å². The van der Waals surface area contributed by atoms with Gasteiger partial charge in [0.25, 0.3) is 0 Å². The summed E-state index contributed by atoms with van der Waals surface area (Å²) in [5, 5.41) is 1.26. The lowest BCUT2D eigenvalue weighted by atomic mass is 10.1. The Morgan fingerprint density at radius 2 is 2.12 bits per heavy atom. The number of hydrogen-bond donors (Lipinski definition) is 0. The number of pyridine rings is 1. The second-order valence-corrected chi connectivity index (χ2v) is 4.19. The summed E-state index contributed by atoms with van der Waals surface area (Å²) in [7, 11) is 0. The van der Waals surface area contributed by atoms with Gasteiger partial charge in [-0.05, 0) is 12.1 Å². The van der Waals surface area contributed by atoms with Gasteiger partial charge in [0.2, 0.25) is 0 Å². The maximum atomic E-state index is 4.64. The molecular weight excluding hydrogens is 196 g/mol. The van der Waals surface area contributed by atoms with Crippen LogP contribution in [0.15, 0.2) is 42.6 Å². The van der Waals surface area contributed by atoms with E-state index in [1.165, 1.54) is 16.6 Å². The number of fused-ring (bicyclic) bond motifs is 4. The minimum atomic E-state index is 1.02. The van der Waals surface area contributed by atoms with Crippen molar-refractivity contribution in [2.24, 2.45) is 0 Å². The van der Waals surface area contributed by atoms with Gasteiger partial charge in [-0.2, -0.15) is 0 Å². The highest BCUT2D eigenvalue weighted by Gasteiger charge is 2.14. The van der Waals surface area contributed by atoms with Crippen molar-refractivity contribution >= 4 is 17.1 Å². The number of hydrogen-bond acceptors (Lipinski definition) is 1. The van der Waals surface area contributed by atoms with E-state index in [9.17, 15) is 0 Å². The topological polar surface area (TPSA) is 17.8 Å². The molecule has 0 unspecified atom stereocenters. The molecule has 0 bridgehead atoms. The fraction of sp³-hybridized carbons (Fsp3) is 0.0714. The van der Waals surface area contributed by atoms with Gasteiger partial charge < -0.3 is 4.57 Å². The predicted molar refractivity (Wildman–Crippen MR) is 65.4 cm³/mol. The molecule has 0 saturated carbocycles. The van der Waals surface area contributed by atoms with Gasteiger partial charge in [0, 0.05) is 35.5 Å². The Bertz CT molecular complexity index is 691. The van der Waals surface area contributed by atoms with Crippen LogP contribution >= 0.6 is 0 Å². The maximum absolute atomic E-state index is 4.64. The van der Waals surface area contributed by atoms with Crippen molar-refractivity contribution in [3.8, 4) is 11.3 Å². The van der Waals surface area contributed by atoms with Crippen LogP contribution in [0.2, 0.25) is 0 Å². The van der Waals surface area contributed by atoms with Gasteiger partial charge >= 0.3 is 0 Å². The van der Waals surface area contributed by atoms with Gasteiger partial charge in [0.1, 0.15) is 0 Å². The molecule has 0 N–H and O–H groups in total. The lowest BCUT2D eigenvalue weighted by molar-refractivity contribution is 1.04. The van der Waals surface area contributed by atoms with E-state index >= 15 is 0 Å². The van der Waals surface area contributed by atoms with Crippen molar-refractivity contribution in [2.45, 2.75) is 6.42 Å². The molecule has 16 heavy (non-hydrogen) atoms. The van der Waals surface area contributed by atoms with Gasteiger partial charge in [-0.1, -0.05) is 24.3 Å². The van der Waals surface area contributed by atoms with E-state index in [0.29, 0.717) is 0 Å². The van der Waals surface area contributed by atoms with Crippen LogP contribution in [0.4, 0.5) is 0 Å². The smallest absolute Gasteiger partial charge is 0.0882 e. The van der Waals surface area contributed by atoms with Gasteiger partial charge in [0.05, 0.1) is 11.2 Å². The zero-order valence-corrected chi connectivity index (χ0v) is 8.72. The minimum Gasteiger partial charge on any atom is -0.325 e. The fourth-order valence-corrected chi connectivity index (χ4v) is 2.42. The largest absolute Gasteiger partial charge is 0.325 e. The van der Waals surface area contributed by atoms with E-state index < -0.39 is 0 Å². The first kappa shape index (κ1) is 8.11. The normalized spacial score (nSPS) is 13.8. The number of nitrogens with zero attached hydrogens (tertiary/aromatic N) is 2. The highest BCUT2D eigenvalue weighted by molar-refractivity contribution is 5.97.